The summed E-state index contributed by atoms with van der Waals surface area (Å²) in [7, 11) is 0. The quantitative estimate of drug-likeness (QED) is 0.454. The van der Waals surface area contributed by atoms with E-state index in [0.717, 1.165) is 0 Å². The molecule has 2 rings (SSSR count). The summed E-state index contributed by atoms with van der Waals surface area (Å²) in [5.41, 5.74) is 0. The second-order valence-corrected chi connectivity index (χ2v) is 4.55. The van der Waals surface area contributed by atoms with Crippen LogP contribution in [0.25, 0.3) is 0 Å². The Morgan fingerprint density at radius 2 is 1.41 bits per heavy atom. The molecule has 1 N–H and O–H groups in total. The van der Waals surface area contributed by atoms with Gasteiger partial charge in [0, 0.05) is 6.42 Å². The lowest BCUT2D eigenvalue weighted by Crippen LogP contribution is -2.24. The Hall–Kier alpha value is -2.69. The summed E-state index contributed by atoms with van der Waals surface area (Å²) >= 11 is 0. The van der Waals surface area contributed by atoms with Crippen LogP contribution >= 0.6 is 0 Å². The lowest BCUT2D eigenvalue weighted by Gasteiger charge is -2.20. The van der Waals surface area contributed by atoms with Gasteiger partial charge in [0.15, 0.2) is 0 Å². The van der Waals surface area contributed by atoms with E-state index in [2.05, 4.69) is 4.74 Å². The lowest BCUT2D eigenvalue weighted by molar-refractivity contribution is -0.00715. The van der Waals surface area contributed by atoms with Gasteiger partial charge in [-0.1, -0.05) is 36.4 Å². The van der Waals surface area contributed by atoms with Crippen molar-refractivity contribution in [3.05, 3.63) is 60.7 Å². The van der Waals surface area contributed by atoms with Crippen LogP contribution < -0.4 is 9.47 Å². The molecule has 0 aliphatic heterocycles. The molecule has 0 saturated heterocycles. The Labute approximate surface area is 129 Å². The molecule has 0 aliphatic rings. The van der Waals surface area contributed by atoms with E-state index in [0.29, 0.717) is 24.3 Å². The Morgan fingerprint density at radius 1 is 0.909 bits per heavy atom. The molecule has 0 amide bonds. The smallest absolute Gasteiger partial charge is 0.455 e. The molecule has 0 bridgehead atoms. The highest BCUT2D eigenvalue weighted by Gasteiger charge is 2.13. The normalized spacial score (nSPS) is 10.2. The molecule has 5 nitrogen and oxygen atoms in total. The van der Waals surface area contributed by atoms with Crippen molar-refractivity contribution >= 4 is 6.16 Å². The van der Waals surface area contributed by atoms with Crippen molar-refractivity contribution in [3.8, 4) is 11.5 Å². The van der Waals surface area contributed by atoms with Crippen molar-refractivity contribution in [3.63, 3.8) is 0 Å². The van der Waals surface area contributed by atoms with E-state index in [1.165, 1.54) is 0 Å². The largest absolute Gasteiger partial charge is 0.505 e. The monoisotopic (exact) mass is 302 g/mol. The molecule has 5 heteroatoms. The van der Waals surface area contributed by atoms with E-state index in [-0.39, 0.29) is 6.61 Å². The minimum atomic E-state index is -1.27. The highest BCUT2D eigenvalue weighted by molar-refractivity contribution is 5.56. The number of hydrogen-bond acceptors (Lipinski definition) is 4. The molecule has 2 aromatic carbocycles. The van der Waals surface area contributed by atoms with Gasteiger partial charge in [-0.3, -0.25) is 0 Å². The molecule has 2 aromatic rings. The number of benzene rings is 2. The summed E-state index contributed by atoms with van der Waals surface area (Å²) in [5.74, 6) is 1.39. The summed E-state index contributed by atoms with van der Waals surface area (Å²) in [4.78, 5) is 10.3. The van der Waals surface area contributed by atoms with Gasteiger partial charge in [-0.05, 0) is 30.7 Å². The third-order valence-electron chi connectivity index (χ3n) is 2.83. The average molecular weight is 302 g/mol. The molecule has 0 spiro atoms. The summed E-state index contributed by atoms with van der Waals surface area (Å²) in [6.07, 6.45) is -0.764. The third-order valence-corrected chi connectivity index (χ3v) is 2.83. The second kappa shape index (κ2) is 8.56. The molecule has 0 fully saturated rings. The minimum Gasteiger partial charge on any atom is -0.455 e. The molecule has 0 aromatic heterocycles. The zero-order chi connectivity index (χ0) is 15.6. The molecule has 0 aliphatic carbocycles. The van der Waals surface area contributed by atoms with Crippen LogP contribution in [0.4, 0.5) is 4.79 Å². The predicted octanol–water partition coefficient (Wildman–Crippen LogP) is 3.95. The maximum absolute atomic E-state index is 10.3. The first-order valence-corrected chi connectivity index (χ1v) is 7.03. The summed E-state index contributed by atoms with van der Waals surface area (Å²) in [5, 5.41) is 8.46. The first-order chi connectivity index (χ1) is 10.7. The molecule has 0 unspecified atom stereocenters. The van der Waals surface area contributed by atoms with Crippen LogP contribution in [0.2, 0.25) is 0 Å². The fraction of sp³-hybridized carbons (Fsp3) is 0.235. The van der Waals surface area contributed by atoms with Crippen molar-refractivity contribution in [2.45, 2.75) is 19.1 Å². The Balaban J connectivity index is 1.92. The standard InChI is InChI=1S/C17H18O5/c18-17(19)20-13-7-12-16(21-14-8-3-1-4-9-14)22-15-10-5-2-6-11-15/h1-6,8-11,16H,7,12-13H2,(H,18,19). The number of ether oxygens (including phenoxy) is 3. The van der Waals surface area contributed by atoms with E-state index >= 15 is 0 Å². The Morgan fingerprint density at radius 3 is 1.86 bits per heavy atom. The van der Waals surface area contributed by atoms with Crippen LogP contribution in [-0.2, 0) is 4.74 Å². The van der Waals surface area contributed by atoms with Crippen LogP contribution in [0.1, 0.15) is 12.8 Å². The molecule has 116 valence electrons. The molecule has 0 saturated carbocycles. The van der Waals surface area contributed by atoms with Crippen molar-refractivity contribution < 1.29 is 24.1 Å². The van der Waals surface area contributed by atoms with Crippen LogP contribution in [0.15, 0.2) is 60.7 Å². The van der Waals surface area contributed by atoms with Crippen LogP contribution in [0.3, 0.4) is 0 Å². The van der Waals surface area contributed by atoms with Crippen molar-refractivity contribution in [2.24, 2.45) is 0 Å². The van der Waals surface area contributed by atoms with Crippen LogP contribution in [0.5, 0.6) is 11.5 Å². The molecule has 22 heavy (non-hydrogen) atoms. The van der Waals surface area contributed by atoms with Gasteiger partial charge in [0.05, 0.1) is 6.61 Å². The SMILES string of the molecule is O=C(O)OCCCC(Oc1ccccc1)Oc1ccccc1. The van der Waals surface area contributed by atoms with Gasteiger partial charge in [0.2, 0.25) is 6.29 Å². The molecule has 0 atom stereocenters. The number of hydrogen-bond donors (Lipinski definition) is 1. The van der Waals surface area contributed by atoms with Gasteiger partial charge in [-0.25, -0.2) is 4.79 Å². The maximum atomic E-state index is 10.3. The van der Waals surface area contributed by atoms with Gasteiger partial charge >= 0.3 is 6.16 Å². The van der Waals surface area contributed by atoms with E-state index in [4.69, 9.17) is 14.6 Å². The average Bonchev–Trinajstić information content (AvgIpc) is 2.53. The van der Waals surface area contributed by atoms with Gasteiger partial charge in [0.1, 0.15) is 11.5 Å². The van der Waals surface area contributed by atoms with E-state index in [1.807, 2.05) is 60.7 Å². The van der Waals surface area contributed by atoms with Crippen molar-refractivity contribution in [1.82, 2.24) is 0 Å². The fourth-order valence-electron chi connectivity index (χ4n) is 1.85. The van der Waals surface area contributed by atoms with Gasteiger partial charge in [-0.15, -0.1) is 0 Å². The minimum absolute atomic E-state index is 0.113. The summed E-state index contributed by atoms with van der Waals surface area (Å²) in [6.45, 7) is 0.113. The first kappa shape index (κ1) is 15.7. The zero-order valence-electron chi connectivity index (χ0n) is 12.1. The first-order valence-electron chi connectivity index (χ1n) is 7.03. The molecule has 0 radical (unpaired) electrons. The molecular formula is C17H18O5. The number of para-hydroxylation sites is 2. The second-order valence-electron chi connectivity index (χ2n) is 4.55. The summed E-state index contributed by atoms with van der Waals surface area (Å²) < 4.78 is 16.1. The third kappa shape index (κ3) is 5.75. The number of rotatable bonds is 8. The Kier molecular flexibility index (Phi) is 6.11. The number of carbonyl (C=O) groups is 1. The van der Waals surface area contributed by atoms with E-state index in [9.17, 15) is 4.79 Å². The maximum Gasteiger partial charge on any atom is 0.505 e. The van der Waals surface area contributed by atoms with Gasteiger partial charge < -0.3 is 19.3 Å². The van der Waals surface area contributed by atoms with Crippen LogP contribution in [-0.4, -0.2) is 24.2 Å². The summed E-state index contributed by atoms with van der Waals surface area (Å²) in [6, 6.07) is 18.7. The fourth-order valence-corrected chi connectivity index (χ4v) is 1.85. The topological polar surface area (TPSA) is 65.0 Å². The molecular weight excluding hydrogens is 284 g/mol. The van der Waals surface area contributed by atoms with Gasteiger partial charge in [-0.2, -0.15) is 0 Å². The predicted molar refractivity (Wildman–Crippen MR) is 81.1 cm³/mol. The highest BCUT2D eigenvalue weighted by atomic mass is 16.7. The highest BCUT2D eigenvalue weighted by Crippen LogP contribution is 2.18. The van der Waals surface area contributed by atoms with Crippen molar-refractivity contribution in [2.75, 3.05) is 6.61 Å². The van der Waals surface area contributed by atoms with E-state index < -0.39 is 12.4 Å². The molecule has 0 heterocycles. The Bertz CT molecular complexity index is 514. The zero-order valence-corrected chi connectivity index (χ0v) is 12.1. The van der Waals surface area contributed by atoms with Crippen molar-refractivity contribution in [1.29, 1.82) is 0 Å². The van der Waals surface area contributed by atoms with E-state index in [1.54, 1.807) is 0 Å². The van der Waals surface area contributed by atoms with Gasteiger partial charge in [0.25, 0.3) is 0 Å². The lowest BCUT2D eigenvalue weighted by atomic mass is 10.3. The van der Waals surface area contributed by atoms with Crippen LogP contribution in [0, 0.1) is 0 Å². The number of carboxylic acid groups (broad SMARTS) is 1.